The van der Waals surface area contributed by atoms with Crippen LogP contribution in [0.1, 0.15) is 12.8 Å². The third kappa shape index (κ3) is 4.42. The van der Waals surface area contributed by atoms with Crippen molar-refractivity contribution in [2.24, 2.45) is 5.92 Å². The molecule has 8 heteroatoms. The van der Waals surface area contributed by atoms with Crippen LogP contribution in [0.5, 0.6) is 0 Å². The molecule has 1 aromatic heterocycles. The van der Waals surface area contributed by atoms with E-state index in [0.717, 1.165) is 51.3 Å². The van der Waals surface area contributed by atoms with Crippen molar-refractivity contribution in [1.82, 2.24) is 19.6 Å². The summed E-state index contributed by atoms with van der Waals surface area (Å²) in [4.78, 5) is 31.4. The van der Waals surface area contributed by atoms with Crippen LogP contribution in [0.3, 0.4) is 0 Å². The second-order valence-electron chi connectivity index (χ2n) is 7.18. The van der Waals surface area contributed by atoms with Crippen LogP contribution >= 0.6 is 0 Å². The normalized spacial score (nSPS) is 21.8. The van der Waals surface area contributed by atoms with Crippen LogP contribution in [-0.4, -0.2) is 85.5 Å². The van der Waals surface area contributed by atoms with Gasteiger partial charge in [-0.1, -0.05) is 0 Å². The summed E-state index contributed by atoms with van der Waals surface area (Å²) in [5.74, 6) is 0.263. The van der Waals surface area contributed by atoms with Crippen LogP contribution in [0.2, 0.25) is 0 Å². The van der Waals surface area contributed by atoms with Crippen LogP contribution in [0, 0.1) is 5.92 Å². The number of ether oxygens (including phenoxy) is 1. The Morgan fingerprint density at radius 1 is 1.27 bits per heavy atom. The van der Waals surface area contributed by atoms with Gasteiger partial charge in [-0.05, 0) is 26.4 Å². The molecule has 0 bridgehead atoms. The van der Waals surface area contributed by atoms with E-state index < -0.39 is 0 Å². The second kappa shape index (κ2) is 8.64. The molecule has 144 valence electrons. The second-order valence-corrected chi connectivity index (χ2v) is 7.18. The van der Waals surface area contributed by atoms with E-state index in [9.17, 15) is 9.59 Å². The summed E-state index contributed by atoms with van der Waals surface area (Å²) in [5, 5.41) is 4.22. The van der Waals surface area contributed by atoms with Crippen LogP contribution in [-0.2, 0) is 16.1 Å². The number of amides is 1. The van der Waals surface area contributed by atoms with Crippen molar-refractivity contribution in [3.8, 4) is 0 Å². The Morgan fingerprint density at radius 3 is 2.88 bits per heavy atom. The number of likely N-dealkylation sites (N-methyl/N-ethyl adjacent to an activating group) is 1. The molecule has 8 nitrogen and oxygen atoms in total. The number of methoxy groups -OCH3 is 1. The molecule has 2 fully saturated rings. The van der Waals surface area contributed by atoms with Gasteiger partial charge >= 0.3 is 0 Å². The lowest BCUT2D eigenvalue weighted by Gasteiger charge is -2.24. The minimum atomic E-state index is -0.134. The number of carbonyl (C=O) groups is 1. The minimum absolute atomic E-state index is 0.00864. The zero-order valence-corrected chi connectivity index (χ0v) is 15.8. The standard InChI is InChI=1S/C18H29N5O3/c1-20-5-3-6-21(9-8-20)18(25)15-4-7-22(14-15)16-12-17(24)23(19-13-16)10-11-26-2/h12-13,15H,3-11,14H2,1-2H3. The Hall–Kier alpha value is -1.93. The van der Waals surface area contributed by atoms with E-state index in [1.807, 2.05) is 4.90 Å². The first kappa shape index (κ1) is 18.8. The van der Waals surface area contributed by atoms with Crippen molar-refractivity contribution in [3.63, 3.8) is 0 Å². The molecule has 0 N–H and O–H groups in total. The highest BCUT2D eigenvalue weighted by Crippen LogP contribution is 2.24. The predicted octanol–water partition coefficient (Wildman–Crippen LogP) is -0.120. The van der Waals surface area contributed by atoms with Crippen molar-refractivity contribution < 1.29 is 9.53 Å². The van der Waals surface area contributed by atoms with Crippen LogP contribution in [0.15, 0.2) is 17.1 Å². The Morgan fingerprint density at radius 2 is 2.12 bits per heavy atom. The smallest absolute Gasteiger partial charge is 0.268 e. The lowest BCUT2D eigenvalue weighted by atomic mass is 10.1. The summed E-state index contributed by atoms with van der Waals surface area (Å²) in [6.45, 7) is 5.98. The Labute approximate surface area is 154 Å². The molecule has 3 rings (SSSR count). The molecule has 26 heavy (non-hydrogen) atoms. The van der Waals surface area contributed by atoms with Gasteiger partial charge in [0, 0.05) is 45.9 Å². The van der Waals surface area contributed by atoms with E-state index in [2.05, 4.69) is 21.9 Å². The Kier molecular flexibility index (Phi) is 6.26. The average Bonchev–Trinajstić information content (AvgIpc) is 3.03. The van der Waals surface area contributed by atoms with Crippen LogP contribution in [0.4, 0.5) is 5.69 Å². The van der Waals surface area contributed by atoms with Gasteiger partial charge in [0.1, 0.15) is 0 Å². The maximum absolute atomic E-state index is 12.9. The molecule has 2 saturated heterocycles. The number of anilines is 1. The minimum Gasteiger partial charge on any atom is -0.383 e. The zero-order valence-electron chi connectivity index (χ0n) is 15.8. The van der Waals surface area contributed by atoms with Gasteiger partial charge in [-0.25, -0.2) is 4.68 Å². The van der Waals surface area contributed by atoms with Gasteiger partial charge in [0.2, 0.25) is 5.91 Å². The molecule has 0 radical (unpaired) electrons. The number of hydrogen-bond donors (Lipinski definition) is 0. The highest BCUT2D eigenvalue weighted by Gasteiger charge is 2.32. The maximum Gasteiger partial charge on any atom is 0.268 e. The monoisotopic (exact) mass is 363 g/mol. The Balaban J connectivity index is 1.60. The molecule has 1 aromatic rings. The number of hydrogen-bond acceptors (Lipinski definition) is 6. The largest absolute Gasteiger partial charge is 0.383 e. The molecule has 2 aliphatic heterocycles. The summed E-state index contributed by atoms with van der Waals surface area (Å²) in [6, 6.07) is 1.61. The molecule has 1 unspecified atom stereocenters. The fourth-order valence-electron chi connectivity index (χ4n) is 3.66. The lowest BCUT2D eigenvalue weighted by molar-refractivity contribution is -0.134. The third-order valence-electron chi connectivity index (χ3n) is 5.30. The van der Waals surface area contributed by atoms with Gasteiger partial charge in [0.15, 0.2) is 0 Å². The quantitative estimate of drug-likeness (QED) is 0.726. The van der Waals surface area contributed by atoms with Gasteiger partial charge < -0.3 is 19.4 Å². The summed E-state index contributed by atoms with van der Waals surface area (Å²) < 4.78 is 6.39. The molecular formula is C18H29N5O3. The van der Waals surface area contributed by atoms with Gasteiger partial charge in [0.25, 0.3) is 5.56 Å². The molecule has 0 spiro atoms. The third-order valence-corrected chi connectivity index (χ3v) is 5.30. The molecule has 1 amide bonds. The number of rotatable bonds is 5. The summed E-state index contributed by atoms with van der Waals surface area (Å²) >= 11 is 0. The molecule has 2 aliphatic rings. The molecule has 0 aromatic carbocycles. The first-order chi connectivity index (χ1) is 12.6. The zero-order chi connectivity index (χ0) is 18.5. The van der Waals surface area contributed by atoms with Crippen molar-refractivity contribution in [2.75, 3.05) is 64.9 Å². The summed E-state index contributed by atoms with van der Waals surface area (Å²) in [5.41, 5.74) is 0.666. The molecule has 1 atom stereocenters. The fraction of sp³-hybridized carbons (Fsp3) is 0.722. The van der Waals surface area contributed by atoms with E-state index in [-0.39, 0.29) is 17.4 Å². The van der Waals surface area contributed by atoms with Gasteiger partial charge in [-0.15, -0.1) is 0 Å². The average molecular weight is 363 g/mol. The van der Waals surface area contributed by atoms with Crippen molar-refractivity contribution >= 4 is 11.6 Å². The number of aromatic nitrogens is 2. The number of nitrogens with zero attached hydrogens (tertiary/aromatic N) is 5. The SMILES string of the molecule is COCCn1ncc(N2CCC(C(=O)N3CCCN(C)CC3)C2)cc1=O. The highest BCUT2D eigenvalue weighted by molar-refractivity contribution is 5.80. The topological polar surface area (TPSA) is 70.9 Å². The lowest BCUT2D eigenvalue weighted by Crippen LogP contribution is -2.39. The van der Waals surface area contributed by atoms with Gasteiger partial charge in [-0.3, -0.25) is 9.59 Å². The highest BCUT2D eigenvalue weighted by atomic mass is 16.5. The van der Waals surface area contributed by atoms with Crippen molar-refractivity contribution in [1.29, 1.82) is 0 Å². The fourth-order valence-corrected chi connectivity index (χ4v) is 3.66. The van der Waals surface area contributed by atoms with Crippen LogP contribution in [0.25, 0.3) is 0 Å². The van der Waals surface area contributed by atoms with Gasteiger partial charge in [0.05, 0.1) is 31.0 Å². The predicted molar refractivity (Wildman–Crippen MR) is 99.4 cm³/mol. The summed E-state index contributed by atoms with van der Waals surface area (Å²) in [7, 11) is 3.70. The van der Waals surface area contributed by atoms with E-state index in [4.69, 9.17) is 4.74 Å². The van der Waals surface area contributed by atoms with E-state index in [0.29, 0.717) is 19.7 Å². The molecular weight excluding hydrogens is 334 g/mol. The summed E-state index contributed by atoms with van der Waals surface area (Å²) in [6.07, 6.45) is 3.57. The molecule has 0 aliphatic carbocycles. The molecule has 3 heterocycles. The van der Waals surface area contributed by atoms with Crippen molar-refractivity contribution in [3.05, 3.63) is 22.6 Å². The maximum atomic E-state index is 12.9. The molecule has 0 saturated carbocycles. The van der Waals surface area contributed by atoms with Gasteiger partial charge in [-0.2, -0.15) is 5.10 Å². The Bertz CT molecular complexity index is 677. The van der Waals surface area contributed by atoms with E-state index in [1.54, 1.807) is 19.4 Å². The van der Waals surface area contributed by atoms with E-state index >= 15 is 0 Å². The van der Waals surface area contributed by atoms with Crippen molar-refractivity contribution in [2.45, 2.75) is 19.4 Å². The van der Waals surface area contributed by atoms with E-state index in [1.165, 1.54) is 4.68 Å². The first-order valence-corrected chi connectivity index (χ1v) is 9.37. The van der Waals surface area contributed by atoms with Crippen LogP contribution < -0.4 is 10.5 Å². The number of carbonyl (C=O) groups excluding carboxylic acids is 1. The first-order valence-electron chi connectivity index (χ1n) is 9.37.